The van der Waals surface area contributed by atoms with Gasteiger partial charge in [-0.25, -0.2) is 14.4 Å². The van der Waals surface area contributed by atoms with Crippen LogP contribution in [0, 0.1) is 11.8 Å². The molecule has 2 saturated heterocycles. The summed E-state index contributed by atoms with van der Waals surface area (Å²) in [6.07, 6.45) is 9.79. The topological polar surface area (TPSA) is 286 Å². The Hall–Kier alpha value is -7.43. The first-order valence-corrected chi connectivity index (χ1v) is 27.6. The molecule has 4 aromatic rings. The van der Waals surface area contributed by atoms with E-state index in [9.17, 15) is 24.0 Å². The van der Waals surface area contributed by atoms with Crippen molar-refractivity contribution in [3.63, 3.8) is 0 Å². The molecule has 6 aliphatic rings. The molecule has 6 heterocycles. The highest BCUT2D eigenvalue weighted by Gasteiger charge is 2.32. The Kier molecular flexibility index (Phi) is 18.9. The van der Waals surface area contributed by atoms with E-state index in [-0.39, 0.29) is 72.1 Å². The smallest absolute Gasteiger partial charge is 0.407 e. The van der Waals surface area contributed by atoms with E-state index in [4.69, 9.17) is 38.9 Å². The van der Waals surface area contributed by atoms with Crippen molar-refractivity contribution in [3.05, 3.63) is 73.1 Å². The van der Waals surface area contributed by atoms with Gasteiger partial charge in [0.1, 0.15) is 31.0 Å². The summed E-state index contributed by atoms with van der Waals surface area (Å²) in [6, 6.07) is 17.7. The van der Waals surface area contributed by atoms with E-state index in [2.05, 4.69) is 47.2 Å². The average molecular weight is 1090 g/mol. The molecule has 2 aromatic carbocycles. The van der Waals surface area contributed by atoms with Gasteiger partial charge in [0.25, 0.3) is 0 Å². The second-order valence-corrected chi connectivity index (χ2v) is 21.8. The summed E-state index contributed by atoms with van der Waals surface area (Å²) in [5.74, 6) is 2.31. The maximum atomic E-state index is 12.8. The van der Waals surface area contributed by atoms with Gasteiger partial charge in [0.2, 0.25) is 11.8 Å². The number of carbonyl (C=O) groups is 5. The Morgan fingerprint density at radius 3 is 1.51 bits per heavy atom. The molecule has 424 valence electrons. The standard InChI is InChI=1S/C31H41N5O7.C26H33N5O5/c1-31(2,3)43-30(39)36-21-8-7-20(15-21)34-29(38)35-22-9-12-32-25(16-22)24-5-4-6-26-27(24)42-23(18-41-26)17-33-28(37)19-10-13-40-14-11-19;27-17-4-5-18(12-17)30-26(33)31-19-6-9-28-22(13-19)21-2-1-3-23-24(21)36-20(15-35-23)14-29-25(32)16-7-10-34-11-8-16/h4-6,9,12,16,19-21,23H,7-8,10-11,13-15,17-18H2,1-3H3,(H,33,37)(H,36,39)(H2,32,34,35,38);1-3,6,9,13,16-18,20H,4-5,7-8,10-12,14-15,27H2,(H,29,32)(H2,28,30,31,33)/t20-,21+,23?;17-,18+,20?/m10/s1. The van der Waals surface area contributed by atoms with E-state index in [1.54, 1.807) is 36.7 Å². The lowest BCUT2D eigenvalue weighted by Crippen LogP contribution is -2.43. The van der Waals surface area contributed by atoms with Crippen LogP contribution in [-0.4, -0.2) is 135 Å². The molecule has 2 aliphatic carbocycles. The summed E-state index contributed by atoms with van der Waals surface area (Å²) in [6.45, 7) is 9.25. The molecule has 0 radical (unpaired) electrons. The van der Waals surface area contributed by atoms with Gasteiger partial charge in [-0.2, -0.15) is 0 Å². The zero-order chi connectivity index (χ0) is 55.3. The van der Waals surface area contributed by atoms with E-state index >= 15 is 0 Å². The first-order chi connectivity index (χ1) is 38.2. The van der Waals surface area contributed by atoms with Crippen LogP contribution in [0.5, 0.6) is 23.0 Å². The number of nitrogens with one attached hydrogen (secondary N) is 7. The van der Waals surface area contributed by atoms with Gasteiger partial charge >= 0.3 is 18.2 Å². The summed E-state index contributed by atoms with van der Waals surface area (Å²) in [7, 11) is 0. The number of aromatic nitrogens is 2. The number of nitrogens with two attached hydrogens (primary N) is 1. The van der Waals surface area contributed by atoms with Gasteiger partial charge in [0.15, 0.2) is 23.0 Å². The van der Waals surface area contributed by atoms with Crippen LogP contribution in [0.15, 0.2) is 73.1 Å². The number of anilines is 2. The normalized spacial score (nSPS) is 22.7. The fraction of sp³-hybridized carbons (Fsp3) is 0.526. The van der Waals surface area contributed by atoms with Crippen LogP contribution in [0.1, 0.15) is 85.0 Å². The number of carbonyl (C=O) groups excluding carboxylic acids is 5. The van der Waals surface area contributed by atoms with Gasteiger partial charge in [-0.3, -0.25) is 19.6 Å². The predicted octanol–water partition coefficient (Wildman–Crippen LogP) is 6.43. The predicted molar refractivity (Wildman–Crippen MR) is 293 cm³/mol. The third-order valence-electron chi connectivity index (χ3n) is 14.5. The van der Waals surface area contributed by atoms with Crippen LogP contribution in [0.25, 0.3) is 22.5 Å². The number of benzene rings is 2. The minimum atomic E-state index is -0.564. The van der Waals surface area contributed by atoms with Crippen molar-refractivity contribution in [1.82, 2.24) is 36.6 Å². The van der Waals surface area contributed by atoms with E-state index < -0.39 is 11.7 Å². The molecule has 2 saturated carbocycles. The second-order valence-electron chi connectivity index (χ2n) is 21.8. The number of pyridine rings is 2. The Balaban J connectivity index is 0.000000195. The number of nitrogens with zero attached hydrogens (tertiary/aromatic N) is 2. The minimum absolute atomic E-state index is 0.0112. The van der Waals surface area contributed by atoms with Crippen molar-refractivity contribution in [2.45, 2.75) is 127 Å². The van der Waals surface area contributed by atoms with Crippen molar-refractivity contribution in [3.8, 4) is 45.5 Å². The number of hydrogen-bond donors (Lipinski definition) is 8. The van der Waals surface area contributed by atoms with E-state index in [0.717, 1.165) is 63.4 Å². The molecular formula is C57H74N10O12. The lowest BCUT2D eigenvalue weighted by Gasteiger charge is -2.29. The third kappa shape index (κ3) is 16.1. The molecule has 4 fully saturated rings. The van der Waals surface area contributed by atoms with Gasteiger partial charge in [0, 0.05) is 97.3 Å². The van der Waals surface area contributed by atoms with E-state index in [1.807, 2.05) is 57.2 Å². The molecule has 2 aromatic heterocycles. The molecule has 22 nitrogen and oxygen atoms in total. The molecule has 2 unspecified atom stereocenters. The van der Waals surface area contributed by atoms with Gasteiger partial charge in [0.05, 0.1) is 24.5 Å². The number of hydrogen-bond acceptors (Lipinski definition) is 15. The molecule has 0 spiro atoms. The van der Waals surface area contributed by atoms with Gasteiger partial charge in [-0.15, -0.1) is 0 Å². The highest BCUT2D eigenvalue weighted by atomic mass is 16.6. The number of amides is 7. The quantitative estimate of drug-likeness (QED) is 0.0716. The lowest BCUT2D eigenvalue weighted by molar-refractivity contribution is -0.129. The van der Waals surface area contributed by atoms with Crippen molar-refractivity contribution in [1.29, 1.82) is 0 Å². The fourth-order valence-electron chi connectivity index (χ4n) is 10.4. The third-order valence-corrected chi connectivity index (χ3v) is 14.5. The summed E-state index contributed by atoms with van der Waals surface area (Å²) in [5, 5.41) is 20.6. The molecule has 7 amide bonds. The van der Waals surface area contributed by atoms with E-state index in [1.165, 1.54) is 0 Å². The van der Waals surface area contributed by atoms with E-state index in [0.29, 0.717) is 110 Å². The summed E-state index contributed by atoms with van der Waals surface area (Å²) >= 11 is 0. The Morgan fingerprint density at radius 2 is 1.05 bits per heavy atom. The monoisotopic (exact) mass is 1090 g/mol. The number of urea groups is 2. The van der Waals surface area contributed by atoms with Crippen LogP contribution in [-0.2, 0) is 23.8 Å². The summed E-state index contributed by atoms with van der Waals surface area (Å²) < 4.78 is 40.5. The Bertz CT molecular complexity index is 2770. The molecule has 79 heavy (non-hydrogen) atoms. The number of para-hydroxylation sites is 2. The number of rotatable bonds is 13. The highest BCUT2D eigenvalue weighted by Crippen LogP contribution is 2.42. The van der Waals surface area contributed by atoms with Crippen molar-refractivity contribution in [2.75, 3.05) is 63.4 Å². The summed E-state index contributed by atoms with van der Waals surface area (Å²) in [5.41, 5.74) is 9.28. The Labute approximate surface area is 460 Å². The summed E-state index contributed by atoms with van der Waals surface area (Å²) in [4.78, 5) is 71.5. The number of fused-ring (bicyclic) bond motifs is 2. The molecular weight excluding hydrogens is 1020 g/mol. The molecule has 4 aliphatic heterocycles. The fourth-order valence-corrected chi connectivity index (χ4v) is 10.4. The molecule has 9 N–H and O–H groups in total. The van der Waals surface area contributed by atoms with Crippen LogP contribution in [0.4, 0.5) is 25.8 Å². The first kappa shape index (κ1) is 56.3. The van der Waals surface area contributed by atoms with Gasteiger partial charge in [-0.1, -0.05) is 12.1 Å². The zero-order valence-electron chi connectivity index (χ0n) is 45.1. The SMILES string of the molecule is CC(C)(C)OC(=O)N[C@H]1CC[C@@H](NC(=O)Nc2ccnc(-c3cccc4c3OC(CNC(=O)C3CCOCC3)CO4)c2)C1.N[C@H]1CC[C@@H](NC(=O)Nc2ccnc(-c3cccc4c3OC(CNC(=O)C3CCOCC3)CO4)c2)C1. The van der Waals surface area contributed by atoms with Gasteiger partial charge in [-0.05, 0) is 134 Å². The average Bonchev–Trinajstić information content (AvgIpc) is 4.12. The molecule has 22 heteroatoms. The highest BCUT2D eigenvalue weighted by molar-refractivity contribution is 5.91. The maximum absolute atomic E-state index is 12.8. The molecule has 6 atom stereocenters. The van der Waals surface area contributed by atoms with Gasteiger partial charge < -0.3 is 76.1 Å². The zero-order valence-corrected chi connectivity index (χ0v) is 45.1. The maximum Gasteiger partial charge on any atom is 0.407 e. The van der Waals surface area contributed by atoms with Crippen molar-refractivity contribution in [2.24, 2.45) is 17.6 Å². The van der Waals surface area contributed by atoms with Crippen LogP contribution in [0.3, 0.4) is 0 Å². The second kappa shape index (κ2) is 26.5. The number of alkyl carbamates (subject to hydrolysis) is 1. The van der Waals surface area contributed by atoms with Crippen LogP contribution >= 0.6 is 0 Å². The lowest BCUT2D eigenvalue weighted by atomic mass is 9.99. The molecule has 10 rings (SSSR count). The Morgan fingerprint density at radius 1 is 0.595 bits per heavy atom. The largest absolute Gasteiger partial charge is 0.486 e. The van der Waals surface area contributed by atoms with Crippen molar-refractivity contribution >= 4 is 41.3 Å². The molecule has 0 bridgehead atoms. The van der Waals surface area contributed by atoms with Crippen molar-refractivity contribution < 1.29 is 57.1 Å². The number of ether oxygens (including phenoxy) is 7. The van der Waals surface area contributed by atoms with Crippen LogP contribution in [0.2, 0.25) is 0 Å². The van der Waals surface area contributed by atoms with Crippen LogP contribution < -0.4 is 61.9 Å². The minimum Gasteiger partial charge on any atom is -0.486 e. The first-order valence-electron chi connectivity index (χ1n) is 27.6.